The monoisotopic (exact) mass is 384 g/mol. The second-order valence-electron chi connectivity index (χ2n) is 6.69. The smallest absolute Gasteiger partial charge is 0.119 e. The number of rotatable bonds is 6. The van der Waals surface area contributed by atoms with Crippen LogP contribution in [0.4, 0.5) is 0 Å². The van der Waals surface area contributed by atoms with Crippen LogP contribution in [0.15, 0.2) is 115 Å². The Hall–Kier alpha value is -3.03. The summed E-state index contributed by atoms with van der Waals surface area (Å²) in [6.45, 7) is 0.545. The molecular formula is C26H21ClO. The van der Waals surface area contributed by atoms with Gasteiger partial charge in [-0.05, 0) is 34.4 Å². The van der Waals surface area contributed by atoms with Crippen molar-refractivity contribution in [1.82, 2.24) is 0 Å². The summed E-state index contributed by atoms with van der Waals surface area (Å²) in [5, 5.41) is 0. The molecule has 28 heavy (non-hydrogen) atoms. The molecule has 0 aliphatic carbocycles. The molecule has 4 rings (SSSR count). The van der Waals surface area contributed by atoms with E-state index in [0.717, 1.165) is 28.0 Å². The number of benzene rings is 4. The minimum absolute atomic E-state index is 0.545. The molecule has 0 aromatic heterocycles. The van der Waals surface area contributed by atoms with Crippen molar-refractivity contribution in [3.05, 3.63) is 138 Å². The topological polar surface area (TPSA) is 9.23 Å². The normalized spacial score (nSPS) is 11.2. The van der Waals surface area contributed by atoms with Gasteiger partial charge < -0.3 is 4.74 Å². The van der Waals surface area contributed by atoms with E-state index >= 15 is 0 Å². The predicted molar refractivity (Wildman–Crippen MR) is 116 cm³/mol. The van der Waals surface area contributed by atoms with Crippen LogP contribution in [0.3, 0.4) is 0 Å². The maximum absolute atomic E-state index is 7.30. The molecule has 0 fully saturated rings. The molecule has 1 nitrogen and oxygen atoms in total. The van der Waals surface area contributed by atoms with Gasteiger partial charge in [-0.15, -0.1) is 11.6 Å². The second-order valence-corrected chi connectivity index (χ2v) is 7.26. The molecule has 0 aliphatic rings. The van der Waals surface area contributed by atoms with Crippen molar-refractivity contribution < 1.29 is 4.74 Å². The highest BCUT2D eigenvalue weighted by Crippen LogP contribution is 2.43. The van der Waals surface area contributed by atoms with E-state index in [1.165, 1.54) is 0 Å². The Bertz CT molecular complexity index is 957. The molecule has 0 saturated heterocycles. The Labute approximate surface area is 171 Å². The molecule has 0 heterocycles. The molecule has 138 valence electrons. The van der Waals surface area contributed by atoms with Gasteiger partial charge in [-0.3, -0.25) is 0 Å². The van der Waals surface area contributed by atoms with Crippen molar-refractivity contribution in [2.24, 2.45) is 0 Å². The number of hydrogen-bond donors (Lipinski definition) is 0. The summed E-state index contributed by atoms with van der Waals surface area (Å²) in [7, 11) is 0. The third kappa shape index (κ3) is 3.81. The Morgan fingerprint density at radius 3 is 1.46 bits per heavy atom. The fourth-order valence-corrected chi connectivity index (χ4v) is 3.74. The van der Waals surface area contributed by atoms with E-state index in [1.807, 2.05) is 78.9 Å². The van der Waals surface area contributed by atoms with Gasteiger partial charge in [0.1, 0.15) is 17.2 Å². The minimum Gasteiger partial charge on any atom is -0.489 e. The van der Waals surface area contributed by atoms with Crippen molar-refractivity contribution in [2.75, 3.05) is 0 Å². The van der Waals surface area contributed by atoms with Gasteiger partial charge in [0.25, 0.3) is 0 Å². The van der Waals surface area contributed by atoms with E-state index in [-0.39, 0.29) is 0 Å². The van der Waals surface area contributed by atoms with Crippen molar-refractivity contribution in [3.8, 4) is 5.75 Å². The highest BCUT2D eigenvalue weighted by molar-refractivity contribution is 6.28. The fraction of sp³-hybridized carbons (Fsp3) is 0.0769. The molecule has 0 amide bonds. The summed E-state index contributed by atoms with van der Waals surface area (Å²) in [5.41, 5.74) is 4.24. The first kappa shape index (κ1) is 18.3. The van der Waals surface area contributed by atoms with Crippen LogP contribution >= 0.6 is 11.6 Å². The van der Waals surface area contributed by atoms with Crippen LogP contribution in [0.1, 0.15) is 22.3 Å². The average molecular weight is 385 g/mol. The average Bonchev–Trinajstić information content (AvgIpc) is 2.79. The lowest BCUT2D eigenvalue weighted by atomic mass is 9.84. The number of hydrogen-bond acceptors (Lipinski definition) is 1. The van der Waals surface area contributed by atoms with Crippen molar-refractivity contribution in [1.29, 1.82) is 0 Å². The zero-order chi connectivity index (χ0) is 19.2. The van der Waals surface area contributed by atoms with Crippen molar-refractivity contribution in [3.63, 3.8) is 0 Å². The quantitative estimate of drug-likeness (QED) is 0.262. The molecule has 0 N–H and O–H groups in total. The lowest BCUT2D eigenvalue weighted by molar-refractivity contribution is 0.306. The van der Waals surface area contributed by atoms with Gasteiger partial charge >= 0.3 is 0 Å². The van der Waals surface area contributed by atoms with Crippen molar-refractivity contribution >= 4 is 11.6 Å². The van der Waals surface area contributed by atoms with E-state index in [4.69, 9.17) is 16.3 Å². The number of ether oxygens (including phenoxy) is 1. The number of alkyl halides is 1. The third-order valence-corrected chi connectivity index (χ3v) is 5.50. The summed E-state index contributed by atoms with van der Waals surface area (Å²) in [6.07, 6.45) is 0. The van der Waals surface area contributed by atoms with E-state index in [9.17, 15) is 0 Å². The molecule has 0 saturated carbocycles. The second kappa shape index (κ2) is 8.33. The van der Waals surface area contributed by atoms with E-state index in [1.54, 1.807) is 0 Å². The summed E-state index contributed by atoms with van der Waals surface area (Å²) in [6, 6.07) is 38.6. The molecule has 0 aliphatic heterocycles. The van der Waals surface area contributed by atoms with E-state index < -0.39 is 4.87 Å². The highest BCUT2D eigenvalue weighted by atomic mass is 35.5. The summed E-state index contributed by atoms with van der Waals surface area (Å²) in [4.78, 5) is -0.750. The standard InChI is InChI=1S/C26H21ClO/c27-26(22-12-6-2-7-13-22,23-14-8-3-9-15-23)24-16-18-25(19-17-24)28-20-21-10-4-1-5-11-21/h1-19H,20H2. The van der Waals surface area contributed by atoms with Crippen molar-refractivity contribution in [2.45, 2.75) is 11.5 Å². The third-order valence-electron chi connectivity index (χ3n) is 4.84. The molecule has 4 aromatic carbocycles. The molecule has 0 unspecified atom stereocenters. The maximum Gasteiger partial charge on any atom is 0.119 e. The molecular weight excluding hydrogens is 364 g/mol. The number of halogens is 1. The molecule has 0 atom stereocenters. The van der Waals surface area contributed by atoms with Gasteiger partial charge in [0.05, 0.1) is 0 Å². The summed E-state index contributed by atoms with van der Waals surface area (Å²) >= 11 is 7.30. The molecule has 0 bridgehead atoms. The van der Waals surface area contributed by atoms with Crippen LogP contribution in [0.2, 0.25) is 0 Å². The highest BCUT2D eigenvalue weighted by Gasteiger charge is 2.33. The first-order chi connectivity index (χ1) is 13.8. The van der Waals surface area contributed by atoms with E-state index in [0.29, 0.717) is 6.61 Å². The zero-order valence-corrected chi connectivity index (χ0v) is 16.2. The van der Waals surface area contributed by atoms with Crippen LogP contribution in [0.25, 0.3) is 0 Å². The Morgan fingerprint density at radius 2 is 0.964 bits per heavy atom. The largest absolute Gasteiger partial charge is 0.489 e. The van der Waals surface area contributed by atoms with Gasteiger partial charge in [-0.2, -0.15) is 0 Å². The lowest BCUT2D eigenvalue weighted by Crippen LogP contribution is -2.22. The lowest BCUT2D eigenvalue weighted by Gasteiger charge is -2.29. The van der Waals surface area contributed by atoms with Gasteiger partial charge in [-0.25, -0.2) is 0 Å². The molecule has 0 spiro atoms. The van der Waals surface area contributed by atoms with Crippen LogP contribution < -0.4 is 4.74 Å². The Kier molecular flexibility index (Phi) is 5.45. The van der Waals surface area contributed by atoms with E-state index in [2.05, 4.69) is 36.4 Å². The van der Waals surface area contributed by atoms with Crippen LogP contribution in [-0.2, 0) is 11.5 Å². The van der Waals surface area contributed by atoms with Gasteiger partial charge in [0.2, 0.25) is 0 Å². The predicted octanol–water partition coefficient (Wildman–Crippen LogP) is 6.80. The SMILES string of the molecule is ClC(c1ccccc1)(c1ccccc1)c1ccc(OCc2ccccc2)cc1. The first-order valence-corrected chi connectivity index (χ1v) is 9.72. The minimum atomic E-state index is -0.750. The first-order valence-electron chi connectivity index (χ1n) is 9.34. The van der Waals surface area contributed by atoms with Gasteiger partial charge in [0, 0.05) is 0 Å². The molecule has 4 aromatic rings. The van der Waals surface area contributed by atoms with Crippen LogP contribution in [0.5, 0.6) is 5.75 Å². The maximum atomic E-state index is 7.30. The fourth-order valence-electron chi connectivity index (χ4n) is 3.36. The van der Waals surface area contributed by atoms with Crippen LogP contribution in [-0.4, -0.2) is 0 Å². The van der Waals surface area contributed by atoms with Gasteiger partial charge in [0.15, 0.2) is 0 Å². The zero-order valence-electron chi connectivity index (χ0n) is 15.5. The Morgan fingerprint density at radius 1 is 0.536 bits per heavy atom. The van der Waals surface area contributed by atoms with Gasteiger partial charge in [-0.1, -0.05) is 103 Å². The molecule has 0 radical (unpaired) electrons. The molecule has 2 heteroatoms. The summed E-state index contributed by atoms with van der Waals surface area (Å²) in [5.74, 6) is 0.827. The Balaban J connectivity index is 1.64. The van der Waals surface area contributed by atoms with Crippen LogP contribution in [0, 0.1) is 0 Å². The summed E-state index contributed by atoms with van der Waals surface area (Å²) < 4.78 is 5.93.